The minimum absolute atomic E-state index is 0.0940. The van der Waals surface area contributed by atoms with Gasteiger partial charge >= 0.3 is 0 Å². The van der Waals surface area contributed by atoms with Gasteiger partial charge in [0.05, 0.1) is 6.33 Å². The molecule has 0 radical (unpaired) electrons. The van der Waals surface area contributed by atoms with Crippen LogP contribution in [-0.4, -0.2) is 70.7 Å². The van der Waals surface area contributed by atoms with Crippen molar-refractivity contribution in [2.45, 2.75) is 81.1 Å². The Balaban J connectivity index is 1.19. The Bertz CT molecular complexity index is 1270. The number of carbonyl (C=O) groups excluding carboxylic acids is 1. The van der Waals surface area contributed by atoms with Crippen LogP contribution in [0.4, 0.5) is 5.82 Å². The molecule has 1 aliphatic heterocycles. The number of carbonyl (C=O) groups is 1. The number of ether oxygens (including phenoxy) is 1. The lowest BCUT2D eigenvalue weighted by atomic mass is 9.50. The van der Waals surface area contributed by atoms with Gasteiger partial charge in [-0.3, -0.25) is 9.36 Å². The number of nitrogens with one attached hydrogen (secondary N) is 1. The summed E-state index contributed by atoms with van der Waals surface area (Å²) in [6, 6.07) is 0.0940. The van der Waals surface area contributed by atoms with Gasteiger partial charge in [0.2, 0.25) is 5.82 Å². The highest BCUT2D eigenvalue weighted by atomic mass is 16.6. The van der Waals surface area contributed by atoms with Crippen LogP contribution in [0.25, 0.3) is 11.2 Å². The van der Waals surface area contributed by atoms with E-state index in [1.54, 1.807) is 0 Å². The molecule has 5 aliphatic carbocycles. The first kappa shape index (κ1) is 22.4. The number of nitrogen functional groups attached to an aromatic ring is 1. The zero-order valence-corrected chi connectivity index (χ0v) is 19.7. The first-order chi connectivity index (χ1) is 17.3. The second kappa shape index (κ2) is 7.86. The Hall–Kier alpha value is -2.78. The van der Waals surface area contributed by atoms with Crippen LogP contribution in [0.5, 0.6) is 0 Å². The zero-order valence-electron chi connectivity index (χ0n) is 19.7. The molecule has 5 saturated carbocycles. The number of nitrogens with zero attached hydrogens (tertiary/aromatic N) is 4. The number of aliphatic hydroxyl groups is 3. The summed E-state index contributed by atoms with van der Waals surface area (Å²) in [6.45, 7) is 0. The summed E-state index contributed by atoms with van der Waals surface area (Å²) in [7, 11) is 0. The molecule has 11 nitrogen and oxygen atoms in total. The molecule has 4 bridgehead atoms. The van der Waals surface area contributed by atoms with Crippen LogP contribution < -0.4 is 11.1 Å². The number of nitrogens with two attached hydrogens (primary N) is 1. The van der Waals surface area contributed by atoms with Gasteiger partial charge in [0.25, 0.3) is 5.91 Å². The Morgan fingerprint density at radius 3 is 2.47 bits per heavy atom. The monoisotopic (exact) mass is 494 g/mol. The fraction of sp³-hybridized carbons (Fsp3) is 0.680. The van der Waals surface area contributed by atoms with E-state index in [2.05, 4.69) is 32.1 Å². The van der Waals surface area contributed by atoms with Crippen molar-refractivity contribution < 1.29 is 24.9 Å². The van der Waals surface area contributed by atoms with Gasteiger partial charge in [-0.1, -0.05) is 5.92 Å². The molecule has 11 heteroatoms. The Labute approximate surface area is 207 Å². The van der Waals surface area contributed by atoms with E-state index in [1.165, 1.54) is 17.3 Å². The molecule has 3 heterocycles. The molecular weight excluding hydrogens is 464 g/mol. The highest BCUT2D eigenvalue weighted by Gasteiger charge is 2.56. The minimum Gasteiger partial charge on any atom is -0.387 e. The smallest absolute Gasteiger partial charge is 0.252 e. The molecule has 2 aromatic heterocycles. The summed E-state index contributed by atoms with van der Waals surface area (Å²) >= 11 is 0. The second-order valence-electron chi connectivity index (χ2n) is 11.3. The van der Waals surface area contributed by atoms with Gasteiger partial charge in [0, 0.05) is 6.04 Å². The minimum atomic E-state index is -1.41. The fourth-order valence-electron chi connectivity index (χ4n) is 7.06. The van der Waals surface area contributed by atoms with Gasteiger partial charge in [0.15, 0.2) is 23.8 Å². The van der Waals surface area contributed by atoms with Crippen molar-refractivity contribution in [3.63, 3.8) is 0 Å². The van der Waals surface area contributed by atoms with Crippen molar-refractivity contribution >= 4 is 22.9 Å². The van der Waals surface area contributed by atoms with Gasteiger partial charge in [0.1, 0.15) is 23.3 Å². The number of rotatable bonds is 3. The quantitative estimate of drug-likeness (QED) is 0.364. The van der Waals surface area contributed by atoms with Gasteiger partial charge < -0.3 is 31.1 Å². The van der Waals surface area contributed by atoms with Gasteiger partial charge in [-0.25, -0.2) is 15.0 Å². The van der Waals surface area contributed by atoms with Crippen molar-refractivity contribution in [3.8, 4) is 11.8 Å². The third-order valence-electron chi connectivity index (χ3n) is 8.90. The summed E-state index contributed by atoms with van der Waals surface area (Å²) < 4.78 is 7.22. The molecule has 0 aromatic carbocycles. The topological polar surface area (TPSA) is 169 Å². The number of hydrogen-bond acceptors (Lipinski definition) is 9. The molecule has 0 spiro atoms. The number of aromatic nitrogens is 4. The lowest BCUT2D eigenvalue weighted by Crippen LogP contribution is -2.56. The summed E-state index contributed by atoms with van der Waals surface area (Å²) in [6.07, 6.45) is 3.43. The first-order valence-corrected chi connectivity index (χ1v) is 12.9. The Kier molecular flexibility index (Phi) is 4.89. The van der Waals surface area contributed by atoms with E-state index in [-0.39, 0.29) is 35.2 Å². The average Bonchev–Trinajstić information content (AvgIpc) is 3.48. The highest BCUT2D eigenvalue weighted by Crippen LogP contribution is 2.58. The van der Waals surface area contributed by atoms with Crippen LogP contribution in [0, 0.1) is 35.5 Å². The van der Waals surface area contributed by atoms with Crippen molar-refractivity contribution in [1.29, 1.82) is 0 Å². The van der Waals surface area contributed by atoms with Crippen LogP contribution in [0.1, 0.15) is 57.0 Å². The third-order valence-corrected chi connectivity index (χ3v) is 8.90. The number of aliphatic hydroxyl groups excluding tert-OH is 2. The van der Waals surface area contributed by atoms with E-state index in [0.29, 0.717) is 17.4 Å². The second-order valence-corrected chi connectivity index (χ2v) is 11.3. The van der Waals surface area contributed by atoms with E-state index in [9.17, 15) is 20.1 Å². The molecular formula is C25H30N6O5. The predicted octanol–water partition coefficient (Wildman–Crippen LogP) is -0.155. The summed E-state index contributed by atoms with van der Waals surface area (Å²) in [5.74, 6) is 7.63. The summed E-state index contributed by atoms with van der Waals surface area (Å²) in [4.78, 5) is 25.5. The SMILES string of the molecule is Nc1nc(C#CC2(O)C3CC4CC(C3)CC2C4)nc2c1ncn2[C@@H]1O[C@H](C(=O)NC2CC2)[C@H](O)[C@@H]1O. The maximum atomic E-state index is 12.5. The van der Waals surface area contributed by atoms with Crippen molar-refractivity contribution in [2.24, 2.45) is 23.7 Å². The van der Waals surface area contributed by atoms with E-state index in [0.717, 1.165) is 38.5 Å². The molecule has 2 aromatic rings. The molecule has 36 heavy (non-hydrogen) atoms. The van der Waals surface area contributed by atoms with Crippen LogP contribution in [0.15, 0.2) is 6.33 Å². The molecule has 1 saturated heterocycles. The maximum absolute atomic E-state index is 12.5. The fourth-order valence-corrected chi connectivity index (χ4v) is 7.06. The van der Waals surface area contributed by atoms with Crippen LogP contribution in [-0.2, 0) is 9.53 Å². The van der Waals surface area contributed by atoms with E-state index >= 15 is 0 Å². The molecule has 4 atom stereocenters. The molecule has 8 rings (SSSR count). The summed E-state index contributed by atoms with van der Waals surface area (Å²) in [5.41, 5.74) is 5.67. The lowest BCUT2D eigenvalue weighted by molar-refractivity contribution is -0.137. The third kappa shape index (κ3) is 3.43. The first-order valence-electron chi connectivity index (χ1n) is 12.9. The van der Waals surface area contributed by atoms with Gasteiger partial charge in [-0.05, 0) is 74.5 Å². The van der Waals surface area contributed by atoms with Crippen molar-refractivity contribution in [3.05, 3.63) is 12.2 Å². The Morgan fingerprint density at radius 2 is 1.81 bits per heavy atom. The average molecular weight is 495 g/mol. The van der Waals surface area contributed by atoms with Crippen molar-refractivity contribution in [1.82, 2.24) is 24.8 Å². The maximum Gasteiger partial charge on any atom is 0.252 e. The molecule has 6 fully saturated rings. The number of hydrogen-bond donors (Lipinski definition) is 5. The predicted molar refractivity (Wildman–Crippen MR) is 126 cm³/mol. The summed E-state index contributed by atoms with van der Waals surface area (Å²) in [5, 5.41) is 35.5. The van der Waals surface area contributed by atoms with Gasteiger partial charge in [-0.15, -0.1) is 0 Å². The van der Waals surface area contributed by atoms with Crippen LogP contribution in [0.2, 0.25) is 0 Å². The standard InChI is InChI=1S/C25H30N6O5/c26-21-17-22(31(10-27-17)24-19(33)18(32)20(36-24)23(34)28-15-1-2-15)30-16(29-21)3-4-25(35)13-6-11-5-12(8-13)9-14(25)7-11/h10-15,18-20,24,32-33,35H,1-2,5-9H2,(H,28,34)(H2,26,29,30)/t11?,12?,13?,14?,18-,19+,20+,24-,25?/m1/s1. The number of imidazole rings is 1. The number of fused-ring (bicyclic) bond motifs is 1. The van der Waals surface area contributed by atoms with Gasteiger partial charge in [-0.2, -0.15) is 0 Å². The molecule has 0 unspecified atom stereocenters. The normalized spacial score (nSPS) is 40.9. The van der Waals surface area contributed by atoms with E-state index < -0.39 is 36.0 Å². The zero-order chi connectivity index (χ0) is 24.8. The highest BCUT2D eigenvalue weighted by molar-refractivity contribution is 5.83. The van der Waals surface area contributed by atoms with E-state index in [1.807, 2.05) is 0 Å². The molecule has 6 N–H and O–H groups in total. The molecule has 6 aliphatic rings. The van der Waals surface area contributed by atoms with Crippen molar-refractivity contribution in [2.75, 3.05) is 5.73 Å². The number of anilines is 1. The Morgan fingerprint density at radius 1 is 1.11 bits per heavy atom. The molecule has 190 valence electrons. The lowest BCUT2D eigenvalue weighted by Gasteiger charge is -2.56. The van der Waals surface area contributed by atoms with Crippen LogP contribution >= 0.6 is 0 Å². The largest absolute Gasteiger partial charge is 0.387 e. The molecule has 1 amide bonds. The van der Waals surface area contributed by atoms with E-state index in [4.69, 9.17) is 10.5 Å². The van der Waals surface area contributed by atoms with Crippen LogP contribution in [0.3, 0.4) is 0 Å². The number of amides is 1.